The zero-order chi connectivity index (χ0) is 22.2. The molecule has 5 rings (SSSR count). The lowest BCUT2D eigenvalue weighted by Crippen LogP contribution is -2.12. The number of carbonyl (C=O) groups is 1. The van der Waals surface area contributed by atoms with E-state index in [9.17, 15) is 14.9 Å². The average molecular weight is 424 g/mol. The Morgan fingerprint density at radius 1 is 0.969 bits per heavy atom. The Morgan fingerprint density at radius 2 is 1.75 bits per heavy atom. The number of amides is 1. The number of nitrogens with one attached hydrogen (secondary N) is 1. The highest BCUT2D eigenvalue weighted by Crippen LogP contribution is 2.26. The number of nitro benzene ring substituents is 1. The number of non-ortho nitro benzene ring substituents is 1. The van der Waals surface area contributed by atoms with Crippen molar-refractivity contribution < 1.29 is 9.72 Å². The number of nitrogens with zero attached hydrogens (tertiary/aromatic N) is 5. The Balaban J connectivity index is 1.51. The number of fused-ring (bicyclic) bond motifs is 3. The number of nitro groups is 1. The Morgan fingerprint density at radius 3 is 2.56 bits per heavy atom. The van der Waals surface area contributed by atoms with Gasteiger partial charge in [-0.15, -0.1) is 10.2 Å². The molecular weight excluding hydrogens is 408 g/mol. The molecule has 9 heteroatoms. The highest BCUT2D eigenvalue weighted by Gasteiger charge is 2.15. The molecule has 0 fully saturated rings. The van der Waals surface area contributed by atoms with Crippen LogP contribution >= 0.6 is 0 Å². The molecule has 0 saturated heterocycles. The van der Waals surface area contributed by atoms with Gasteiger partial charge in [0, 0.05) is 39.7 Å². The number of hydrogen-bond acceptors (Lipinski definition) is 6. The lowest BCUT2D eigenvalue weighted by Gasteiger charge is -2.08. The number of hydrogen-bond donors (Lipinski definition) is 1. The molecular formula is C23H16N6O3. The molecule has 0 aliphatic carbocycles. The summed E-state index contributed by atoms with van der Waals surface area (Å²) in [7, 11) is 0. The molecule has 0 spiro atoms. The number of benzene rings is 3. The van der Waals surface area contributed by atoms with Crippen molar-refractivity contribution in [2.75, 3.05) is 5.32 Å². The van der Waals surface area contributed by atoms with Crippen LogP contribution in [-0.4, -0.2) is 30.6 Å². The monoisotopic (exact) mass is 424 g/mol. The van der Waals surface area contributed by atoms with Gasteiger partial charge in [-0.25, -0.2) is 0 Å². The molecule has 1 amide bonds. The highest BCUT2D eigenvalue weighted by atomic mass is 16.6. The van der Waals surface area contributed by atoms with E-state index in [4.69, 9.17) is 0 Å². The predicted octanol–water partition coefficient (Wildman–Crippen LogP) is 4.41. The second-order valence-corrected chi connectivity index (χ2v) is 7.23. The molecule has 9 nitrogen and oxygen atoms in total. The fourth-order valence-corrected chi connectivity index (χ4v) is 3.62. The SMILES string of the molecule is Cc1nn2c(-c3cccc(NC(=O)c4cccc([N+](=O)[O-])c4)c3)nnc2c2ccccc12. The number of carbonyl (C=O) groups excluding carboxylic acids is 1. The Kier molecular flexibility index (Phi) is 4.55. The quantitative estimate of drug-likeness (QED) is 0.337. The maximum Gasteiger partial charge on any atom is 0.270 e. The smallest absolute Gasteiger partial charge is 0.270 e. The third-order valence-corrected chi connectivity index (χ3v) is 5.15. The second kappa shape index (κ2) is 7.55. The summed E-state index contributed by atoms with van der Waals surface area (Å²) in [6.07, 6.45) is 0. The molecule has 1 N–H and O–H groups in total. The van der Waals surface area contributed by atoms with Gasteiger partial charge in [0.2, 0.25) is 0 Å². The van der Waals surface area contributed by atoms with E-state index in [-0.39, 0.29) is 11.3 Å². The van der Waals surface area contributed by atoms with Crippen LogP contribution in [0.5, 0.6) is 0 Å². The molecule has 2 heterocycles. The molecule has 0 saturated carbocycles. The summed E-state index contributed by atoms with van der Waals surface area (Å²) in [6, 6.07) is 20.6. The van der Waals surface area contributed by atoms with Gasteiger partial charge in [-0.2, -0.15) is 9.61 Å². The Hall–Kier alpha value is -4.66. The molecule has 3 aromatic carbocycles. The number of anilines is 1. The Bertz CT molecular complexity index is 1530. The van der Waals surface area contributed by atoms with Crippen LogP contribution in [0.25, 0.3) is 27.8 Å². The zero-order valence-electron chi connectivity index (χ0n) is 16.9. The topological polar surface area (TPSA) is 115 Å². The summed E-state index contributed by atoms with van der Waals surface area (Å²) >= 11 is 0. The molecule has 0 atom stereocenters. The Labute approximate surface area is 181 Å². The molecule has 0 aliphatic heterocycles. The first-order chi connectivity index (χ1) is 15.5. The molecule has 32 heavy (non-hydrogen) atoms. The van der Waals surface area contributed by atoms with Crippen LogP contribution in [0.1, 0.15) is 16.1 Å². The van der Waals surface area contributed by atoms with Crippen LogP contribution in [0.4, 0.5) is 11.4 Å². The molecule has 0 radical (unpaired) electrons. The molecule has 0 aliphatic rings. The van der Waals surface area contributed by atoms with Crippen molar-refractivity contribution >= 4 is 33.7 Å². The van der Waals surface area contributed by atoms with Crippen LogP contribution in [0.15, 0.2) is 72.8 Å². The van der Waals surface area contributed by atoms with Crippen molar-refractivity contribution in [2.45, 2.75) is 6.92 Å². The van der Waals surface area contributed by atoms with Gasteiger partial charge >= 0.3 is 0 Å². The molecule has 2 aromatic heterocycles. The highest BCUT2D eigenvalue weighted by molar-refractivity contribution is 6.05. The van der Waals surface area contributed by atoms with Crippen LogP contribution in [0, 0.1) is 17.0 Å². The van der Waals surface area contributed by atoms with Crippen molar-refractivity contribution in [3.8, 4) is 11.4 Å². The van der Waals surface area contributed by atoms with Crippen molar-refractivity contribution in [3.63, 3.8) is 0 Å². The average Bonchev–Trinajstić information content (AvgIpc) is 3.23. The summed E-state index contributed by atoms with van der Waals surface area (Å²) < 4.78 is 1.69. The lowest BCUT2D eigenvalue weighted by atomic mass is 10.1. The standard InChI is InChI=1S/C23H16N6O3/c1-14-19-10-2-3-11-20(19)22-26-25-21(28(22)27-14)15-6-4-8-17(12-15)24-23(30)16-7-5-9-18(13-16)29(31)32/h2-13H,1H3,(H,24,30). The first-order valence-corrected chi connectivity index (χ1v) is 9.78. The van der Waals surface area contributed by atoms with Crippen molar-refractivity contribution in [1.29, 1.82) is 0 Å². The zero-order valence-corrected chi connectivity index (χ0v) is 16.9. The summed E-state index contributed by atoms with van der Waals surface area (Å²) in [4.78, 5) is 23.1. The molecule has 156 valence electrons. The fourth-order valence-electron chi connectivity index (χ4n) is 3.62. The van der Waals surface area contributed by atoms with Crippen LogP contribution < -0.4 is 5.32 Å². The summed E-state index contributed by atoms with van der Waals surface area (Å²) in [5.41, 5.74) is 2.79. The van der Waals surface area contributed by atoms with Gasteiger partial charge in [-0.3, -0.25) is 14.9 Å². The molecule has 0 bridgehead atoms. The first kappa shape index (κ1) is 19.3. The van der Waals surface area contributed by atoms with E-state index >= 15 is 0 Å². The van der Waals surface area contributed by atoms with E-state index in [0.29, 0.717) is 17.2 Å². The van der Waals surface area contributed by atoms with Gasteiger partial charge in [0.1, 0.15) is 0 Å². The summed E-state index contributed by atoms with van der Waals surface area (Å²) in [5.74, 6) is 0.0946. The predicted molar refractivity (Wildman–Crippen MR) is 120 cm³/mol. The number of aryl methyl sites for hydroxylation is 1. The van der Waals surface area contributed by atoms with E-state index < -0.39 is 10.8 Å². The number of rotatable bonds is 4. The minimum Gasteiger partial charge on any atom is -0.322 e. The third-order valence-electron chi connectivity index (χ3n) is 5.15. The van der Waals surface area contributed by atoms with E-state index in [1.54, 1.807) is 22.7 Å². The minimum absolute atomic E-state index is 0.144. The normalized spacial score (nSPS) is 11.0. The maximum absolute atomic E-state index is 12.6. The van der Waals surface area contributed by atoms with Gasteiger partial charge in [-0.1, -0.05) is 42.5 Å². The second-order valence-electron chi connectivity index (χ2n) is 7.23. The van der Waals surface area contributed by atoms with Gasteiger partial charge in [-0.05, 0) is 25.1 Å². The summed E-state index contributed by atoms with van der Waals surface area (Å²) in [6.45, 7) is 1.93. The van der Waals surface area contributed by atoms with E-state index in [0.717, 1.165) is 22.0 Å². The minimum atomic E-state index is -0.535. The van der Waals surface area contributed by atoms with Crippen molar-refractivity contribution in [3.05, 3.63) is 94.2 Å². The van der Waals surface area contributed by atoms with Gasteiger partial charge in [0.05, 0.1) is 10.6 Å². The van der Waals surface area contributed by atoms with Gasteiger partial charge in [0.25, 0.3) is 11.6 Å². The van der Waals surface area contributed by atoms with Crippen LogP contribution in [-0.2, 0) is 0 Å². The van der Waals surface area contributed by atoms with Gasteiger partial charge < -0.3 is 5.32 Å². The molecule has 0 unspecified atom stereocenters. The largest absolute Gasteiger partial charge is 0.322 e. The van der Waals surface area contributed by atoms with Crippen molar-refractivity contribution in [2.24, 2.45) is 0 Å². The van der Waals surface area contributed by atoms with E-state index in [1.807, 2.05) is 37.3 Å². The lowest BCUT2D eigenvalue weighted by molar-refractivity contribution is -0.384. The maximum atomic E-state index is 12.6. The summed E-state index contributed by atoms with van der Waals surface area (Å²) in [5, 5.41) is 29.0. The van der Waals surface area contributed by atoms with Gasteiger partial charge in [0.15, 0.2) is 11.5 Å². The fraction of sp³-hybridized carbons (Fsp3) is 0.0435. The van der Waals surface area contributed by atoms with Crippen molar-refractivity contribution in [1.82, 2.24) is 19.8 Å². The van der Waals surface area contributed by atoms with E-state index in [1.165, 1.54) is 24.3 Å². The number of aromatic nitrogens is 4. The van der Waals surface area contributed by atoms with Crippen LogP contribution in [0.3, 0.4) is 0 Å². The van der Waals surface area contributed by atoms with Crippen LogP contribution in [0.2, 0.25) is 0 Å². The third kappa shape index (κ3) is 3.31. The molecule has 5 aromatic rings. The van der Waals surface area contributed by atoms with E-state index in [2.05, 4.69) is 20.6 Å². The first-order valence-electron chi connectivity index (χ1n) is 9.78.